The van der Waals surface area contributed by atoms with Crippen molar-refractivity contribution in [3.8, 4) is 0 Å². The molecule has 3 nitrogen and oxygen atoms in total. The van der Waals surface area contributed by atoms with E-state index in [1.54, 1.807) is 24.3 Å². The third-order valence-electron chi connectivity index (χ3n) is 2.93. The molecule has 0 spiro atoms. The molecule has 0 atom stereocenters. The van der Waals surface area contributed by atoms with Gasteiger partial charge in [0.2, 0.25) is 0 Å². The summed E-state index contributed by atoms with van der Waals surface area (Å²) in [6.07, 6.45) is 0. The van der Waals surface area contributed by atoms with Crippen molar-refractivity contribution >= 4 is 29.1 Å². The summed E-state index contributed by atoms with van der Waals surface area (Å²) in [4.78, 5) is 25.3. The smallest absolute Gasteiger partial charge is 0.266 e. The van der Waals surface area contributed by atoms with Crippen LogP contribution in [0.15, 0.2) is 42.5 Å². The molecular weight excluding hydrogens is 269 g/mol. The summed E-state index contributed by atoms with van der Waals surface area (Å²) in [5.41, 5.74) is 0.706. The van der Waals surface area contributed by atoms with Crippen molar-refractivity contribution in [2.75, 3.05) is 4.90 Å². The summed E-state index contributed by atoms with van der Waals surface area (Å²) in [5.74, 6) is -1.53. The molecule has 1 aliphatic heterocycles. The number of rotatable bonds is 1. The molecule has 0 unspecified atom stereocenters. The second-order valence-electron chi connectivity index (χ2n) is 4.11. The molecule has 0 aliphatic carbocycles. The van der Waals surface area contributed by atoms with E-state index in [2.05, 4.69) is 0 Å². The van der Waals surface area contributed by atoms with Gasteiger partial charge in [-0.05, 0) is 42.5 Å². The predicted octanol–water partition coefficient (Wildman–Crippen LogP) is 3.28. The van der Waals surface area contributed by atoms with Crippen molar-refractivity contribution in [2.45, 2.75) is 0 Å². The van der Waals surface area contributed by atoms with E-state index in [1.807, 2.05) is 0 Å². The number of nitrogens with zero attached hydrogens (tertiary/aromatic N) is 1. The maximum Gasteiger partial charge on any atom is 0.266 e. The maximum atomic E-state index is 13.1. The number of imide groups is 1. The lowest BCUT2D eigenvalue weighted by atomic mass is 10.1. The first-order chi connectivity index (χ1) is 9.08. The minimum atomic E-state index is -0.544. The topological polar surface area (TPSA) is 37.4 Å². The van der Waals surface area contributed by atoms with Crippen LogP contribution in [0.25, 0.3) is 0 Å². The van der Waals surface area contributed by atoms with Crippen LogP contribution in [0.2, 0.25) is 5.02 Å². The molecule has 0 saturated heterocycles. The van der Waals surface area contributed by atoms with E-state index in [4.69, 9.17) is 11.6 Å². The Morgan fingerprint density at radius 2 is 1.53 bits per heavy atom. The van der Waals surface area contributed by atoms with Gasteiger partial charge < -0.3 is 0 Å². The van der Waals surface area contributed by atoms with Crippen molar-refractivity contribution in [2.24, 2.45) is 0 Å². The van der Waals surface area contributed by atoms with E-state index in [-0.39, 0.29) is 11.1 Å². The molecule has 0 saturated carbocycles. The summed E-state index contributed by atoms with van der Waals surface area (Å²) in [6.45, 7) is 0. The summed E-state index contributed by atoms with van der Waals surface area (Å²) in [6, 6.07) is 9.87. The van der Waals surface area contributed by atoms with Crippen LogP contribution < -0.4 is 4.90 Å². The maximum absolute atomic E-state index is 13.1. The number of benzene rings is 2. The first-order valence-corrected chi connectivity index (χ1v) is 5.89. The van der Waals surface area contributed by atoms with Crippen LogP contribution in [0.1, 0.15) is 20.7 Å². The quantitative estimate of drug-likeness (QED) is 0.749. The molecule has 0 bridgehead atoms. The lowest BCUT2D eigenvalue weighted by Gasteiger charge is -2.13. The average molecular weight is 276 g/mol. The zero-order valence-electron chi connectivity index (χ0n) is 9.56. The van der Waals surface area contributed by atoms with Gasteiger partial charge in [0, 0.05) is 5.02 Å². The zero-order valence-corrected chi connectivity index (χ0v) is 10.3. The fraction of sp³-hybridized carbons (Fsp3) is 0. The van der Waals surface area contributed by atoms with Crippen molar-refractivity contribution < 1.29 is 14.0 Å². The number of hydrogen-bond acceptors (Lipinski definition) is 2. The van der Waals surface area contributed by atoms with E-state index in [0.29, 0.717) is 10.7 Å². The molecule has 1 heterocycles. The van der Waals surface area contributed by atoms with E-state index in [1.165, 1.54) is 6.07 Å². The lowest BCUT2D eigenvalue weighted by molar-refractivity contribution is 0.0926. The number of carbonyl (C=O) groups excluding carboxylic acids is 2. The standard InChI is InChI=1S/C14H7ClFNO2/c15-8-1-4-10(5-2-8)17-13(18)11-6-3-9(16)7-12(11)14(17)19/h1-7H. The van der Waals surface area contributed by atoms with Crippen LogP contribution in [0.5, 0.6) is 0 Å². The highest BCUT2D eigenvalue weighted by atomic mass is 35.5. The summed E-state index contributed by atoms with van der Waals surface area (Å²) in [5, 5.41) is 0.506. The highest BCUT2D eigenvalue weighted by Gasteiger charge is 2.36. The number of fused-ring (bicyclic) bond motifs is 1. The molecular formula is C14H7ClFNO2. The number of hydrogen-bond donors (Lipinski definition) is 0. The number of amides is 2. The molecule has 0 aromatic heterocycles. The molecule has 19 heavy (non-hydrogen) atoms. The van der Waals surface area contributed by atoms with Crippen LogP contribution >= 0.6 is 11.6 Å². The summed E-state index contributed by atoms with van der Waals surface area (Å²) >= 11 is 5.76. The molecule has 3 rings (SSSR count). The molecule has 2 aromatic rings. The molecule has 0 radical (unpaired) electrons. The van der Waals surface area contributed by atoms with Crippen molar-refractivity contribution in [1.29, 1.82) is 0 Å². The van der Waals surface area contributed by atoms with Gasteiger partial charge in [0.1, 0.15) is 5.82 Å². The monoisotopic (exact) mass is 275 g/mol. The van der Waals surface area contributed by atoms with Gasteiger partial charge in [0.25, 0.3) is 11.8 Å². The fourth-order valence-electron chi connectivity index (χ4n) is 2.04. The Labute approximate surface area is 113 Å². The van der Waals surface area contributed by atoms with Gasteiger partial charge in [-0.25, -0.2) is 9.29 Å². The average Bonchev–Trinajstić information content (AvgIpc) is 2.63. The SMILES string of the molecule is O=C1c2ccc(F)cc2C(=O)N1c1ccc(Cl)cc1. The first kappa shape index (κ1) is 11.9. The summed E-state index contributed by atoms with van der Waals surface area (Å²) in [7, 11) is 0. The van der Waals surface area contributed by atoms with Gasteiger partial charge in [-0.2, -0.15) is 0 Å². The van der Waals surface area contributed by atoms with Gasteiger partial charge in [-0.15, -0.1) is 0 Å². The molecule has 0 N–H and O–H groups in total. The second kappa shape index (κ2) is 4.17. The largest absolute Gasteiger partial charge is 0.268 e. The minimum absolute atomic E-state index is 0.0833. The predicted molar refractivity (Wildman–Crippen MR) is 69.0 cm³/mol. The number of carbonyl (C=O) groups is 2. The Bertz CT molecular complexity index is 697. The molecule has 0 fully saturated rings. The molecule has 2 aromatic carbocycles. The van der Waals surface area contributed by atoms with E-state index < -0.39 is 17.6 Å². The first-order valence-electron chi connectivity index (χ1n) is 5.52. The van der Waals surface area contributed by atoms with Crippen LogP contribution in [0.4, 0.5) is 10.1 Å². The second-order valence-corrected chi connectivity index (χ2v) is 4.55. The van der Waals surface area contributed by atoms with Gasteiger partial charge in [-0.3, -0.25) is 9.59 Å². The van der Waals surface area contributed by atoms with Crippen molar-refractivity contribution in [3.05, 3.63) is 64.4 Å². The van der Waals surface area contributed by atoms with Gasteiger partial charge >= 0.3 is 0 Å². The Kier molecular flexibility index (Phi) is 2.61. The molecule has 5 heteroatoms. The van der Waals surface area contributed by atoms with Crippen LogP contribution in [-0.4, -0.2) is 11.8 Å². The van der Waals surface area contributed by atoms with E-state index >= 15 is 0 Å². The van der Waals surface area contributed by atoms with E-state index in [9.17, 15) is 14.0 Å². The third-order valence-corrected chi connectivity index (χ3v) is 3.19. The van der Waals surface area contributed by atoms with Crippen molar-refractivity contribution in [1.82, 2.24) is 0 Å². The van der Waals surface area contributed by atoms with Crippen molar-refractivity contribution in [3.63, 3.8) is 0 Å². The summed E-state index contributed by atoms with van der Waals surface area (Å²) < 4.78 is 13.1. The Hall–Kier alpha value is -2.20. The minimum Gasteiger partial charge on any atom is -0.268 e. The zero-order chi connectivity index (χ0) is 13.6. The van der Waals surface area contributed by atoms with E-state index in [0.717, 1.165) is 17.0 Å². The highest BCUT2D eigenvalue weighted by molar-refractivity contribution is 6.34. The number of halogens is 2. The van der Waals surface area contributed by atoms with Crippen LogP contribution in [-0.2, 0) is 0 Å². The Morgan fingerprint density at radius 3 is 2.21 bits per heavy atom. The Balaban J connectivity index is 2.10. The van der Waals surface area contributed by atoms with Crippen LogP contribution in [0, 0.1) is 5.82 Å². The normalized spacial score (nSPS) is 13.9. The van der Waals surface area contributed by atoms with Gasteiger partial charge in [0.05, 0.1) is 16.8 Å². The third kappa shape index (κ3) is 1.81. The Morgan fingerprint density at radius 1 is 0.895 bits per heavy atom. The van der Waals surface area contributed by atoms with Crippen LogP contribution in [0.3, 0.4) is 0 Å². The highest BCUT2D eigenvalue weighted by Crippen LogP contribution is 2.29. The lowest BCUT2D eigenvalue weighted by Crippen LogP contribution is -2.29. The molecule has 2 amide bonds. The number of anilines is 1. The molecule has 1 aliphatic rings. The van der Waals surface area contributed by atoms with Gasteiger partial charge in [0.15, 0.2) is 0 Å². The van der Waals surface area contributed by atoms with Gasteiger partial charge in [-0.1, -0.05) is 11.6 Å². The fourth-order valence-corrected chi connectivity index (χ4v) is 2.16. The molecule has 94 valence electrons.